The minimum absolute atomic E-state index is 0.852. The molecule has 0 unspecified atom stereocenters. The molecule has 0 N–H and O–H groups in total. The van der Waals surface area contributed by atoms with Crippen LogP contribution in [0.1, 0.15) is 17.8 Å². The molecule has 1 aromatic heterocycles. The highest BCUT2D eigenvalue weighted by Gasteiger charge is 2.22. The second-order valence-electron chi connectivity index (χ2n) is 3.36. The van der Waals surface area contributed by atoms with Crippen molar-refractivity contribution in [3.05, 3.63) is 35.4 Å². The van der Waals surface area contributed by atoms with E-state index in [1.54, 1.807) is 11.3 Å². The summed E-state index contributed by atoms with van der Waals surface area (Å²) in [7, 11) is 0. The van der Waals surface area contributed by atoms with Gasteiger partial charge in [0.2, 0.25) is 0 Å². The first-order chi connectivity index (χ1) is 6.93. The van der Waals surface area contributed by atoms with Gasteiger partial charge in [0.15, 0.2) is 6.10 Å². The zero-order valence-electron chi connectivity index (χ0n) is 7.69. The lowest BCUT2D eigenvalue weighted by Crippen LogP contribution is -1.94. The van der Waals surface area contributed by atoms with E-state index in [1.165, 1.54) is 4.70 Å². The van der Waals surface area contributed by atoms with E-state index in [0.29, 0.717) is 0 Å². The summed E-state index contributed by atoms with van der Waals surface area (Å²) in [5.41, 5.74) is 1.08. The quantitative estimate of drug-likeness (QED) is 0.712. The molecule has 2 nitrogen and oxygen atoms in total. The number of nitrogens with zero attached hydrogens (tertiary/aromatic N) is 1. The molecule has 14 heavy (non-hydrogen) atoms. The number of hydrogen-bond acceptors (Lipinski definition) is 3. The molecule has 71 valence electrons. The Bertz CT molecular complexity index is 412. The van der Waals surface area contributed by atoms with Crippen LogP contribution in [0, 0.1) is 6.10 Å². The molecule has 0 spiro atoms. The van der Waals surface area contributed by atoms with Crippen molar-refractivity contribution >= 4 is 21.6 Å². The van der Waals surface area contributed by atoms with Crippen LogP contribution in [0.25, 0.3) is 10.2 Å². The van der Waals surface area contributed by atoms with Gasteiger partial charge in [0.1, 0.15) is 5.01 Å². The van der Waals surface area contributed by atoms with E-state index in [4.69, 9.17) is 4.74 Å². The monoisotopic (exact) mass is 204 g/mol. The highest BCUT2D eigenvalue weighted by molar-refractivity contribution is 7.18. The molecule has 0 bridgehead atoms. The number of rotatable bonds is 1. The Balaban J connectivity index is 2.05. The highest BCUT2D eigenvalue weighted by atomic mass is 32.1. The standard InChI is InChI=1S/C11H10NOS/c1-2-6-10-8(4-1)12-11(14-10)9-5-3-7-13-9/h1-2,4,6H,3,5,7H2. The minimum Gasteiger partial charge on any atom is -0.364 e. The Morgan fingerprint density at radius 3 is 3.00 bits per heavy atom. The first-order valence-electron chi connectivity index (χ1n) is 4.78. The molecule has 1 aromatic carbocycles. The molecule has 2 heterocycles. The normalized spacial score (nSPS) is 18.0. The van der Waals surface area contributed by atoms with Crippen molar-refractivity contribution in [2.24, 2.45) is 0 Å². The molecule has 3 rings (SSSR count). The Labute approximate surface area is 86.5 Å². The van der Waals surface area contributed by atoms with E-state index in [1.807, 2.05) is 18.2 Å². The van der Waals surface area contributed by atoms with Gasteiger partial charge in [0, 0.05) is 6.61 Å². The van der Waals surface area contributed by atoms with Crippen molar-refractivity contribution < 1.29 is 4.74 Å². The summed E-state index contributed by atoms with van der Waals surface area (Å²) in [4.78, 5) is 4.55. The van der Waals surface area contributed by atoms with Crippen LogP contribution >= 0.6 is 11.3 Å². The van der Waals surface area contributed by atoms with E-state index in [-0.39, 0.29) is 0 Å². The van der Waals surface area contributed by atoms with E-state index < -0.39 is 0 Å². The number of benzene rings is 1. The van der Waals surface area contributed by atoms with E-state index in [9.17, 15) is 0 Å². The van der Waals surface area contributed by atoms with Crippen LogP contribution in [0.5, 0.6) is 0 Å². The van der Waals surface area contributed by atoms with Gasteiger partial charge >= 0.3 is 0 Å². The van der Waals surface area contributed by atoms with Crippen LogP contribution in [0.15, 0.2) is 24.3 Å². The number of para-hydroxylation sites is 1. The van der Waals surface area contributed by atoms with Gasteiger partial charge in [-0.15, -0.1) is 11.3 Å². The van der Waals surface area contributed by atoms with Crippen LogP contribution in [0.4, 0.5) is 0 Å². The lowest BCUT2D eigenvalue weighted by atomic mass is 10.2. The van der Waals surface area contributed by atoms with Gasteiger partial charge < -0.3 is 4.74 Å². The van der Waals surface area contributed by atoms with Crippen molar-refractivity contribution in [3.63, 3.8) is 0 Å². The smallest absolute Gasteiger partial charge is 0.155 e. The Hall–Kier alpha value is -0.930. The Morgan fingerprint density at radius 2 is 2.21 bits per heavy atom. The van der Waals surface area contributed by atoms with Gasteiger partial charge in [0.25, 0.3) is 0 Å². The van der Waals surface area contributed by atoms with Gasteiger partial charge in [-0.25, -0.2) is 4.98 Å². The number of aromatic nitrogens is 1. The maximum atomic E-state index is 5.53. The van der Waals surface area contributed by atoms with Gasteiger partial charge in [0.05, 0.1) is 10.2 Å². The second-order valence-corrected chi connectivity index (χ2v) is 4.39. The first kappa shape index (κ1) is 8.38. The largest absolute Gasteiger partial charge is 0.364 e. The molecule has 1 saturated heterocycles. The molecule has 0 saturated carbocycles. The van der Waals surface area contributed by atoms with Crippen molar-refractivity contribution in [2.45, 2.75) is 12.8 Å². The summed E-state index contributed by atoms with van der Waals surface area (Å²) in [6.07, 6.45) is 3.25. The van der Waals surface area contributed by atoms with Crippen LogP contribution in [0.3, 0.4) is 0 Å². The zero-order valence-corrected chi connectivity index (χ0v) is 8.51. The Morgan fingerprint density at radius 1 is 1.29 bits per heavy atom. The summed E-state index contributed by atoms with van der Waals surface area (Å²) < 4.78 is 6.77. The molecule has 0 aliphatic carbocycles. The molecule has 3 heteroatoms. The van der Waals surface area contributed by atoms with Gasteiger partial charge in [-0.1, -0.05) is 12.1 Å². The van der Waals surface area contributed by atoms with E-state index >= 15 is 0 Å². The molecule has 1 aliphatic rings. The zero-order chi connectivity index (χ0) is 9.38. The number of fused-ring (bicyclic) bond motifs is 1. The topological polar surface area (TPSA) is 22.1 Å². The Kier molecular flexibility index (Phi) is 2.00. The van der Waals surface area contributed by atoms with Crippen molar-refractivity contribution in [1.29, 1.82) is 0 Å². The molecule has 2 aromatic rings. The SMILES string of the molecule is c1ccc2sc([C]3CCCO3)nc2c1. The molecule has 0 amide bonds. The first-order valence-corrected chi connectivity index (χ1v) is 5.60. The summed E-state index contributed by atoms with van der Waals surface area (Å²) in [5.74, 6) is 0. The fourth-order valence-electron chi connectivity index (χ4n) is 1.66. The average molecular weight is 204 g/mol. The minimum atomic E-state index is 0.852. The van der Waals surface area contributed by atoms with Crippen LogP contribution in [0.2, 0.25) is 0 Å². The van der Waals surface area contributed by atoms with E-state index in [2.05, 4.69) is 11.1 Å². The fourth-order valence-corrected chi connectivity index (χ4v) is 2.65. The molecule has 1 radical (unpaired) electrons. The molecule has 0 atom stereocenters. The molecular weight excluding hydrogens is 194 g/mol. The predicted molar refractivity (Wildman–Crippen MR) is 57.2 cm³/mol. The summed E-state index contributed by atoms with van der Waals surface area (Å²) in [6.45, 7) is 0.852. The van der Waals surface area contributed by atoms with Crippen LogP contribution in [-0.4, -0.2) is 11.6 Å². The third kappa shape index (κ3) is 1.33. The molecule has 1 fully saturated rings. The van der Waals surface area contributed by atoms with Crippen molar-refractivity contribution in [3.8, 4) is 0 Å². The lowest BCUT2D eigenvalue weighted by Gasteiger charge is -2.00. The van der Waals surface area contributed by atoms with Crippen molar-refractivity contribution in [1.82, 2.24) is 4.98 Å². The second kappa shape index (κ2) is 3.33. The average Bonchev–Trinajstić information content (AvgIpc) is 2.86. The van der Waals surface area contributed by atoms with Crippen molar-refractivity contribution in [2.75, 3.05) is 6.61 Å². The van der Waals surface area contributed by atoms with Gasteiger partial charge in [-0.2, -0.15) is 0 Å². The third-order valence-corrected chi connectivity index (χ3v) is 3.43. The number of hydrogen-bond donors (Lipinski definition) is 0. The summed E-state index contributed by atoms with van der Waals surface area (Å²) in [6, 6.07) is 8.22. The highest BCUT2D eigenvalue weighted by Crippen LogP contribution is 2.33. The summed E-state index contributed by atoms with van der Waals surface area (Å²) >= 11 is 1.72. The fraction of sp³-hybridized carbons (Fsp3) is 0.273. The van der Waals surface area contributed by atoms with Gasteiger partial charge in [-0.3, -0.25) is 0 Å². The lowest BCUT2D eigenvalue weighted by molar-refractivity contribution is 0.216. The number of thiazole rings is 1. The van der Waals surface area contributed by atoms with E-state index in [0.717, 1.165) is 36.1 Å². The maximum Gasteiger partial charge on any atom is 0.155 e. The van der Waals surface area contributed by atoms with Crippen LogP contribution < -0.4 is 0 Å². The number of ether oxygens (including phenoxy) is 1. The van der Waals surface area contributed by atoms with Gasteiger partial charge in [-0.05, 0) is 25.0 Å². The van der Waals surface area contributed by atoms with Crippen LogP contribution in [-0.2, 0) is 4.74 Å². The third-order valence-electron chi connectivity index (χ3n) is 2.36. The molecule has 1 aliphatic heterocycles. The maximum absolute atomic E-state index is 5.53. The summed E-state index contributed by atoms with van der Waals surface area (Å²) in [5, 5.41) is 1.06. The predicted octanol–water partition coefficient (Wildman–Crippen LogP) is 2.99. The molecular formula is C11H10NOS.